The van der Waals surface area contributed by atoms with Gasteiger partial charge in [0, 0.05) is 18.8 Å². The normalized spacial score (nSPS) is 12.3. The van der Waals surface area contributed by atoms with E-state index in [1.807, 2.05) is 25.1 Å². The summed E-state index contributed by atoms with van der Waals surface area (Å²) in [5.41, 5.74) is 1.72. The highest BCUT2D eigenvalue weighted by molar-refractivity contribution is 7.18. The van der Waals surface area contributed by atoms with Gasteiger partial charge in [-0.15, -0.1) is 11.3 Å². The lowest BCUT2D eigenvalue weighted by molar-refractivity contribution is 0.237. The molecule has 2 rings (SSSR count). The number of urea groups is 1. The van der Waals surface area contributed by atoms with Crippen LogP contribution in [0, 0.1) is 12.8 Å². The minimum atomic E-state index is -0.209. The van der Waals surface area contributed by atoms with Gasteiger partial charge in [0.25, 0.3) is 0 Å². The van der Waals surface area contributed by atoms with Gasteiger partial charge in [0.1, 0.15) is 0 Å². The number of aromatic nitrogens is 1. The average molecular weight is 321 g/mol. The van der Waals surface area contributed by atoms with Crippen LogP contribution in [-0.4, -0.2) is 29.3 Å². The highest BCUT2D eigenvalue weighted by atomic mass is 32.1. The van der Waals surface area contributed by atoms with E-state index in [0.29, 0.717) is 12.5 Å². The van der Waals surface area contributed by atoms with Crippen molar-refractivity contribution in [2.75, 3.05) is 18.5 Å². The van der Waals surface area contributed by atoms with Crippen LogP contribution in [0.25, 0.3) is 10.2 Å². The quantitative estimate of drug-likeness (QED) is 0.730. The number of anilines is 1. The molecule has 1 atom stereocenters. The molecule has 0 bridgehead atoms. The van der Waals surface area contributed by atoms with E-state index in [-0.39, 0.29) is 12.6 Å². The Kier molecular flexibility index (Phi) is 6.15. The zero-order valence-corrected chi connectivity index (χ0v) is 13.9. The van der Waals surface area contributed by atoms with Crippen LogP contribution in [0.4, 0.5) is 10.5 Å². The van der Waals surface area contributed by atoms with Crippen molar-refractivity contribution in [3.8, 4) is 0 Å². The van der Waals surface area contributed by atoms with Crippen molar-refractivity contribution >= 4 is 33.3 Å². The molecular formula is C16H23N3O2S. The van der Waals surface area contributed by atoms with Gasteiger partial charge in [-0.1, -0.05) is 13.3 Å². The highest BCUT2D eigenvalue weighted by Crippen LogP contribution is 2.24. The molecule has 3 N–H and O–H groups in total. The number of hydrogen-bond acceptors (Lipinski definition) is 4. The number of fused-ring (bicyclic) bond motifs is 1. The number of carbonyl (C=O) groups excluding carboxylic acids is 1. The Morgan fingerprint density at radius 3 is 2.95 bits per heavy atom. The summed E-state index contributed by atoms with van der Waals surface area (Å²) in [6, 6.07) is 5.51. The Bertz CT molecular complexity index is 621. The molecule has 6 heteroatoms. The second-order valence-electron chi connectivity index (χ2n) is 5.42. The van der Waals surface area contributed by atoms with Gasteiger partial charge in [0.15, 0.2) is 0 Å². The molecule has 0 aliphatic carbocycles. The largest absolute Gasteiger partial charge is 0.396 e. The molecule has 0 aliphatic rings. The zero-order valence-electron chi connectivity index (χ0n) is 13.1. The number of nitrogens with zero attached hydrogens (tertiary/aromatic N) is 1. The molecule has 0 saturated heterocycles. The Morgan fingerprint density at radius 2 is 2.23 bits per heavy atom. The monoisotopic (exact) mass is 321 g/mol. The number of aliphatic hydroxyl groups is 1. The Labute approximate surface area is 134 Å². The Balaban J connectivity index is 1.89. The van der Waals surface area contributed by atoms with Gasteiger partial charge in [-0.3, -0.25) is 0 Å². The van der Waals surface area contributed by atoms with Crippen LogP contribution in [0.2, 0.25) is 0 Å². The number of hydrogen-bond donors (Lipinski definition) is 3. The lowest BCUT2D eigenvalue weighted by Gasteiger charge is -2.16. The zero-order chi connectivity index (χ0) is 15.9. The summed E-state index contributed by atoms with van der Waals surface area (Å²) >= 11 is 1.61. The summed E-state index contributed by atoms with van der Waals surface area (Å²) in [5, 5.41) is 15.8. The molecule has 1 heterocycles. The topological polar surface area (TPSA) is 74.2 Å². The number of amides is 2. The van der Waals surface area contributed by atoms with Crippen molar-refractivity contribution in [3.05, 3.63) is 23.2 Å². The molecular weight excluding hydrogens is 298 g/mol. The Morgan fingerprint density at radius 1 is 1.41 bits per heavy atom. The van der Waals surface area contributed by atoms with Crippen molar-refractivity contribution in [1.82, 2.24) is 10.3 Å². The SMILES string of the molecule is CCCC(CCO)CNC(=O)Nc1ccc2nc(C)sc2c1. The van der Waals surface area contributed by atoms with Crippen molar-refractivity contribution in [1.29, 1.82) is 0 Å². The molecule has 0 spiro atoms. The van der Waals surface area contributed by atoms with Crippen LogP contribution >= 0.6 is 11.3 Å². The number of carbonyl (C=O) groups is 1. The predicted molar refractivity (Wildman–Crippen MR) is 91.5 cm³/mol. The number of rotatable bonds is 7. The first-order chi connectivity index (χ1) is 10.6. The van der Waals surface area contributed by atoms with E-state index in [1.165, 1.54) is 0 Å². The van der Waals surface area contributed by atoms with E-state index < -0.39 is 0 Å². The standard InChI is InChI=1S/C16H23N3O2S/c1-3-4-12(7-8-20)10-17-16(21)19-13-5-6-14-15(9-13)22-11(2)18-14/h5-6,9,12,20H,3-4,7-8,10H2,1-2H3,(H2,17,19,21). The summed E-state index contributed by atoms with van der Waals surface area (Å²) < 4.78 is 1.07. The molecule has 1 unspecified atom stereocenters. The molecule has 5 nitrogen and oxygen atoms in total. The summed E-state index contributed by atoms with van der Waals surface area (Å²) in [7, 11) is 0. The summed E-state index contributed by atoms with van der Waals surface area (Å²) in [6.07, 6.45) is 2.78. The maximum Gasteiger partial charge on any atom is 0.319 e. The van der Waals surface area contributed by atoms with Gasteiger partial charge in [-0.25, -0.2) is 9.78 Å². The van der Waals surface area contributed by atoms with Crippen LogP contribution in [0.3, 0.4) is 0 Å². The molecule has 0 fully saturated rings. The van der Waals surface area contributed by atoms with Crippen LogP contribution in [0.15, 0.2) is 18.2 Å². The molecule has 1 aromatic heterocycles. The first kappa shape index (κ1) is 16.7. The van der Waals surface area contributed by atoms with Crippen LogP contribution in [0.5, 0.6) is 0 Å². The fraction of sp³-hybridized carbons (Fsp3) is 0.500. The van der Waals surface area contributed by atoms with Crippen LogP contribution < -0.4 is 10.6 Å². The van der Waals surface area contributed by atoms with E-state index in [1.54, 1.807) is 11.3 Å². The molecule has 120 valence electrons. The number of nitrogens with one attached hydrogen (secondary N) is 2. The molecule has 0 radical (unpaired) electrons. The molecule has 2 amide bonds. The van der Waals surface area contributed by atoms with Gasteiger partial charge in [0.2, 0.25) is 0 Å². The number of aryl methyl sites for hydroxylation is 1. The minimum absolute atomic E-state index is 0.162. The second-order valence-corrected chi connectivity index (χ2v) is 6.65. The van der Waals surface area contributed by atoms with Crippen LogP contribution in [-0.2, 0) is 0 Å². The smallest absolute Gasteiger partial charge is 0.319 e. The van der Waals surface area contributed by atoms with Gasteiger partial charge >= 0.3 is 6.03 Å². The fourth-order valence-electron chi connectivity index (χ4n) is 2.47. The number of thiazole rings is 1. The molecule has 2 aromatic rings. The average Bonchev–Trinajstić information content (AvgIpc) is 2.84. The summed E-state index contributed by atoms with van der Waals surface area (Å²) in [6.45, 7) is 4.83. The van der Waals surface area contributed by atoms with Crippen molar-refractivity contribution < 1.29 is 9.90 Å². The third-order valence-corrected chi connectivity index (χ3v) is 4.47. The van der Waals surface area contributed by atoms with Gasteiger partial charge in [-0.05, 0) is 43.9 Å². The third kappa shape index (κ3) is 4.68. The summed E-state index contributed by atoms with van der Waals surface area (Å²) in [5.74, 6) is 0.326. The molecule has 0 saturated carbocycles. The molecule has 0 aliphatic heterocycles. The predicted octanol–water partition coefficient (Wildman–Crippen LogP) is 3.52. The van der Waals surface area contributed by atoms with E-state index in [2.05, 4.69) is 22.5 Å². The maximum absolute atomic E-state index is 12.0. The molecule has 1 aromatic carbocycles. The second kappa shape index (κ2) is 8.10. The van der Waals surface area contributed by atoms with E-state index in [9.17, 15) is 4.79 Å². The molecule has 22 heavy (non-hydrogen) atoms. The lowest BCUT2D eigenvalue weighted by Crippen LogP contribution is -2.33. The van der Waals surface area contributed by atoms with Crippen molar-refractivity contribution in [2.45, 2.75) is 33.1 Å². The maximum atomic E-state index is 12.0. The van der Waals surface area contributed by atoms with Crippen LogP contribution in [0.1, 0.15) is 31.2 Å². The fourth-order valence-corrected chi connectivity index (χ4v) is 3.34. The lowest BCUT2D eigenvalue weighted by atomic mass is 10.0. The van der Waals surface area contributed by atoms with Gasteiger partial charge < -0.3 is 15.7 Å². The van der Waals surface area contributed by atoms with Crippen molar-refractivity contribution in [2.24, 2.45) is 5.92 Å². The van der Waals surface area contributed by atoms with Gasteiger partial charge in [0.05, 0.1) is 15.2 Å². The third-order valence-electron chi connectivity index (χ3n) is 3.54. The first-order valence-corrected chi connectivity index (χ1v) is 8.47. The van der Waals surface area contributed by atoms with E-state index in [0.717, 1.165) is 40.2 Å². The van der Waals surface area contributed by atoms with E-state index >= 15 is 0 Å². The van der Waals surface area contributed by atoms with E-state index in [4.69, 9.17) is 5.11 Å². The first-order valence-electron chi connectivity index (χ1n) is 7.65. The van der Waals surface area contributed by atoms with Crippen molar-refractivity contribution in [3.63, 3.8) is 0 Å². The highest BCUT2D eigenvalue weighted by Gasteiger charge is 2.10. The minimum Gasteiger partial charge on any atom is -0.396 e. The summed E-state index contributed by atoms with van der Waals surface area (Å²) in [4.78, 5) is 16.4. The Hall–Kier alpha value is -1.66. The van der Waals surface area contributed by atoms with Gasteiger partial charge in [-0.2, -0.15) is 0 Å². The number of benzene rings is 1. The number of aliphatic hydroxyl groups excluding tert-OH is 1.